The molecule has 0 saturated heterocycles. The Balaban J connectivity index is 2.07. The van der Waals surface area contributed by atoms with E-state index in [2.05, 4.69) is 15.1 Å². The van der Waals surface area contributed by atoms with Crippen molar-refractivity contribution in [1.82, 2.24) is 19.7 Å². The Labute approximate surface area is 113 Å². The van der Waals surface area contributed by atoms with Crippen molar-refractivity contribution in [3.63, 3.8) is 0 Å². The van der Waals surface area contributed by atoms with E-state index in [-0.39, 0.29) is 0 Å². The minimum atomic E-state index is 0.330. The van der Waals surface area contributed by atoms with Crippen molar-refractivity contribution in [3.8, 4) is 23.0 Å². The first-order valence-electron chi connectivity index (χ1n) is 5.51. The van der Waals surface area contributed by atoms with E-state index in [9.17, 15) is 0 Å². The van der Waals surface area contributed by atoms with Crippen molar-refractivity contribution in [2.75, 3.05) is 5.73 Å². The molecule has 3 aromatic rings. The zero-order valence-corrected chi connectivity index (χ0v) is 10.8. The van der Waals surface area contributed by atoms with Gasteiger partial charge in [-0.3, -0.25) is 0 Å². The zero-order chi connectivity index (χ0) is 13.4. The van der Waals surface area contributed by atoms with E-state index < -0.39 is 0 Å². The maximum atomic E-state index is 5.97. The fourth-order valence-electron chi connectivity index (χ4n) is 1.73. The maximum Gasteiger partial charge on any atom is 0.260 e. The van der Waals surface area contributed by atoms with Gasteiger partial charge in [-0.05, 0) is 12.1 Å². The third-order valence-corrected chi connectivity index (χ3v) is 3.08. The minimum absolute atomic E-state index is 0.330. The summed E-state index contributed by atoms with van der Waals surface area (Å²) >= 11 is 5.97. The van der Waals surface area contributed by atoms with Gasteiger partial charge in [-0.2, -0.15) is 4.98 Å². The molecule has 2 N–H and O–H groups in total. The number of hydrogen-bond donors (Lipinski definition) is 1. The van der Waals surface area contributed by atoms with Crippen LogP contribution in [0.1, 0.15) is 0 Å². The van der Waals surface area contributed by atoms with Crippen LogP contribution in [0.3, 0.4) is 0 Å². The predicted octanol–water partition coefficient (Wildman–Crippen LogP) is 2.37. The van der Waals surface area contributed by atoms with Crippen LogP contribution in [0.5, 0.6) is 0 Å². The van der Waals surface area contributed by atoms with E-state index in [0.29, 0.717) is 28.0 Å². The Hall–Kier alpha value is -2.34. The Bertz CT molecular complexity index is 733. The van der Waals surface area contributed by atoms with Gasteiger partial charge in [-0.25, -0.2) is 4.98 Å². The number of imidazole rings is 1. The number of halogens is 1. The quantitative estimate of drug-likeness (QED) is 0.726. The van der Waals surface area contributed by atoms with Crippen LogP contribution in [-0.2, 0) is 7.05 Å². The number of nitrogen functional groups attached to an aromatic ring is 1. The van der Waals surface area contributed by atoms with Gasteiger partial charge in [0.25, 0.3) is 5.89 Å². The Morgan fingerprint density at radius 2 is 2.21 bits per heavy atom. The summed E-state index contributed by atoms with van der Waals surface area (Å²) in [6, 6.07) is 5.27. The van der Waals surface area contributed by atoms with Gasteiger partial charge in [0.2, 0.25) is 5.82 Å². The van der Waals surface area contributed by atoms with Crippen LogP contribution in [0.25, 0.3) is 23.0 Å². The van der Waals surface area contributed by atoms with Crippen molar-refractivity contribution in [2.24, 2.45) is 7.05 Å². The lowest BCUT2D eigenvalue weighted by Gasteiger charge is -2.01. The molecule has 0 radical (unpaired) electrons. The summed E-state index contributed by atoms with van der Waals surface area (Å²) in [5.74, 6) is 0.783. The highest BCUT2D eigenvalue weighted by Crippen LogP contribution is 2.31. The van der Waals surface area contributed by atoms with Crippen LogP contribution >= 0.6 is 11.6 Å². The molecule has 3 rings (SSSR count). The monoisotopic (exact) mass is 275 g/mol. The summed E-state index contributed by atoms with van der Waals surface area (Å²) in [6.07, 6.45) is 3.33. The van der Waals surface area contributed by atoms with Crippen LogP contribution in [0.2, 0.25) is 5.02 Å². The number of hydrogen-bond acceptors (Lipinski definition) is 5. The number of aromatic nitrogens is 4. The number of nitrogens with zero attached hydrogens (tertiary/aromatic N) is 4. The lowest BCUT2D eigenvalue weighted by Crippen LogP contribution is -1.92. The second-order valence-electron chi connectivity index (χ2n) is 4.01. The number of para-hydroxylation sites is 1. The Kier molecular flexibility index (Phi) is 2.72. The average Bonchev–Trinajstić information content (AvgIpc) is 3.01. The van der Waals surface area contributed by atoms with Crippen LogP contribution in [0.15, 0.2) is 35.2 Å². The van der Waals surface area contributed by atoms with Crippen molar-refractivity contribution in [1.29, 1.82) is 0 Å². The summed E-state index contributed by atoms with van der Waals surface area (Å²) in [4.78, 5) is 8.32. The molecule has 0 spiro atoms. The fourth-order valence-corrected chi connectivity index (χ4v) is 1.91. The molecule has 0 aliphatic rings. The Morgan fingerprint density at radius 1 is 1.37 bits per heavy atom. The molecule has 0 bridgehead atoms. The van der Waals surface area contributed by atoms with Crippen molar-refractivity contribution >= 4 is 17.3 Å². The van der Waals surface area contributed by atoms with Gasteiger partial charge >= 0.3 is 0 Å². The summed E-state index contributed by atoms with van der Waals surface area (Å²) in [7, 11) is 1.85. The molecule has 2 heterocycles. The second-order valence-corrected chi connectivity index (χ2v) is 4.42. The summed E-state index contributed by atoms with van der Waals surface area (Å²) in [5.41, 5.74) is 7.69. The zero-order valence-electron chi connectivity index (χ0n) is 10.0. The van der Waals surface area contributed by atoms with E-state index in [0.717, 1.165) is 5.69 Å². The molecular weight excluding hydrogens is 266 g/mol. The van der Waals surface area contributed by atoms with Crippen LogP contribution in [-0.4, -0.2) is 19.7 Å². The normalized spacial score (nSPS) is 10.8. The average molecular weight is 276 g/mol. The number of rotatable bonds is 2. The highest BCUT2D eigenvalue weighted by atomic mass is 35.5. The third-order valence-electron chi connectivity index (χ3n) is 2.76. The van der Waals surface area contributed by atoms with E-state index in [1.807, 2.05) is 7.05 Å². The standard InChI is InChI=1S/C12H10ClN5O/c1-18-6-15-5-9(18)11-16-12(19-17-11)7-3-2-4-8(13)10(7)14/h2-6H,14H2,1H3. The predicted molar refractivity (Wildman–Crippen MR) is 71.4 cm³/mol. The maximum absolute atomic E-state index is 5.97. The topological polar surface area (TPSA) is 82.8 Å². The van der Waals surface area contributed by atoms with Crippen LogP contribution < -0.4 is 5.73 Å². The number of aryl methyl sites for hydroxylation is 1. The van der Waals surface area contributed by atoms with Crippen molar-refractivity contribution in [3.05, 3.63) is 35.7 Å². The van der Waals surface area contributed by atoms with Gasteiger partial charge in [0.15, 0.2) is 0 Å². The first-order chi connectivity index (χ1) is 9.16. The van der Waals surface area contributed by atoms with Crippen LogP contribution in [0.4, 0.5) is 5.69 Å². The van der Waals surface area contributed by atoms with E-state index in [4.69, 9.17) is 21.9 Å². The van der Waals surface area contributed by atoms with Crippen molar-refractivity contribution in [2.45, 2.75) is 0 Å². The SMILES string of the molecule is Cn1cncc1-c1noc(-c2cccc(Cl)c2N)n1. The Morgan fingerprint density at radius 3 is 2.95 bits per heavy atom. The van der Waals surface area contributed by atoms with E-state index in [1.165, 1.54) is 0 Å². The largest absolute Gasteiger partial charge is 0.397 e. The van der Waals surface area contributed by atoms with Gasteiger partial charge in [-0.1, -0.05) is 22.8 Å². The number of nitrogens with two attached hydrogens (primary N) is 1. The minimum Gasteiger partial charge on any atom is -0.397 e. The molecule has 2 aromatic heterocycles. The molecule has 19 heavy (non-hydrogen) atoms. The van der Waals surface area contributed by atoms with Gasteiger partial charge in [-0.15, -0.1) is 0 Å². The van der Waals surface area contributed by atoms with Gasteiger partial charge in [0, 0.05) is 7.05 Å². The highest BCUT2D eigenvalue weighted by Gasteiger charge is 2.15. The van der Waals surface area contributed by atoms with E-state index in [1.54, 1.807) is 35.3 Å². The molecule has 0 aliphatic heterocycles. The van der Waals surface area contributed by atoms with Crippen molar-refractivity contribution < 1.29 is 4.52 Å². The molecule has 6 nitrogen and oxygen atoms in total. The molecule has 0 aliphatic carbocycles. The van der Waals surface area contributed by atoms with Gasteiger partial charge < -0.3 is 14.8 Å². The lowest BCUT2D eigenvalue weighted by atomic mass is 10.2. The molecule has 0 saturated carbocycles. The van der Waals surface area contributed by atoms with Gasteiger partial charge in [0.1, 0.15) is 5.69 Å². The smallest absolute Gasteiger partial charge is 0.260 e. The lowest BCUT2D eigenvalue weighted by molar-refractivity contribution is 0.432. The molecule has 1 aromatic carbocycles. The molecule has 96 valence electrons. The fraction of sp³-hybridized carbons (Fsp3) is 0.0833. The number of anilines is 1. The van der Waals surface area contributed by atoms with E-state index >= 15 is 0 Å². The molecule has 0 unspecified atom stereocenters. The second kappa shape index (κ2) is 4.40. The summed E-state index contributed by atoms with van der Waals surface area (Å²) < 4.78 is 7.03. The first kappa shape index (κ1) is 11.7. The molecule has 7 heteroatoms. The molecular formula is C12H10ClN5O. The number of benzene rings is 1. The molecule has 0 amide bonds. The van der Waals surface area contributed by atoms with Gasteiger partial charge in [0.05, 0.1) is 28.8 Å². The van der Waals surface area contributed by atoms with Crippen LogP contribution in [0, 0.1) is 0 Å². The summed E-state index contributed by atoms with van der Waals surface area (Å²) in [5, 5.41) is 4.38. The highest BCUT2D eigenvalue weighted by molar-refractivity contribution is 6.33. The first-order valence-corrected chi connectivity index (χ1v) is 5.89. The molecule has 0 atom stereocenters. The third kappa shape index (κ3) is 1.96. The molecule has 0 fully saturated rings. The summed E-state index contributed by atoms with van der Waals surface area (Å²) in [6.45, 7) is 0.